The summed E-state index contributed by atoms with van der Waals surface area (Å²) in [4.78, 5) is 2.38. The number of hydrogen-bond acceptors (Lipinski definition) is 2. The molecule has 1 heterocycles. The Morgan fingerprint density at radius 1 is 0.944 bits per heavy atom. The van der Waals surface area contributed by atoms with Gasteiger partial charge in [-0.25, -0.2) is 0 Å². The van der Waals surface area contributed by atoms with Crippen molar-refractivity contribution in [1.29, 1.82) is 0 Å². The second-order valence-electron chi connectivity index (χ2n) is 4.59. The summed E-state index contributed by atoms with van der Waals surface area (Å²) in [6.07, 6.45) is 0. The van der Waals surface area contributed by atoms with Gasteiger partial charge < -0.3 is 9.47 Å². The van der Waals surface area contributed by atoms with Crippen molar-refractivity contribution in [3.63, 3.8) is 0 Å². The lowest BCUT2D eigenvalue weighted by molar-refractivity contribution is 0.375. The van der Waals surface area contributed by atoms with Crippen molar-refractivity contribution in [3.8, 4) is 0 Å². The minimum atomic E-state index is 0.103. The predicted molar refractivity (Wildman–Crippen MR) is 74.6 cm³/mol. The van der Waals surface area contributed by atoms with Gasteiger partial charge in [-0.1, -0.05) is 60.7 Å². The molecule has 0 aliphatic carbocycles. The van der Waals surface area contributed by atoms with Crippen molar-refractivity contribution in [2.45, 2.75) is 6.54 Å². The van der Waals surface area contributed by atoms with E-state index in [0.29, 0.717) is 0 Å². The molecule has 2 nitrogen and oxygen atoms in total. The monoisotopic (exact) mass is 237 g/mol. The number of benzene rings is 2. The highest BCUT2D eigenvalue weighted by atomic mass is 16.5. The van der Waals surface area contributed by atoms with Crippen LogP contribution in [0.2, 0.25) is 0 Å². The standard InChI is InChI=1S/C15H16BNO/c1-3-7-14(8-4-1)13-17-11-12-18-16(17)15-9-5-2-6-10-15/h1-10H,11-13H2. The zero-order chi connectivity index (χ0) is 12.2. The first kappa shape index (κ1) is 11.5. The van der Waals surface area contributed by atoms with Gasteiger partial charge in [0.05, 0.1) is 0 Å². The molecular formula is C15H16BNO. The quantitative estimate of drug-likeness (QED) is 0.756. The van der Waals surface area contributed by atoms with E-state index in [-0.39, 0.29) is 7.05 Å². The van der Waals surface area contributed by atoms with E-state index < -0.39 is 0 Å². The molecule has 1 aliphatic rings. The first-order chi connectivity index (χ1) is 8.93. The third kappa shape index (κ3) is 2.47. The minimum absolute atomic E-state index is 0.103. The Morgan fingerprint density at radius 2 is 1.61 bits per heavy atom. The normalized spacial score (nSPS) is 16.1. The van der Waals surface area contributed by atoms with E-state index in [2.05, 4.69) is 59.4 Å². The highest BCUT2D eigenvalue weighted by molar-refractivity contribution is 6.65. The number of hydrogen-bond donors (Lipinski definition) is 0. The molecule has 0 spiro atoms. The predicted octanol–water partition coefficient (Wildman–Crippen LogP) is 1.91. The molecule has 3 heteroatoms. The molecule has 90 valence electrons. The summed E-state index contributed by atoms with van der Waals surface area (Å²) in [6, 6.07) is 21.0. The van der Waals surface area contributed by atoms with E-state index in [1.54, 1.807) is 0 Å². The van der Waals surface area contributed by atoms with E-state index in [9.17, 15) is 0 Å². The fourth-order valence-corrected chi connectivity index (χ4v) is 2.41. The maximum atomic E-state index is 5.85. The van der Waals surface area contributed by atoms with Gasteiger partial charge in [0.15, 0.2) is 0 Å². The maximum Gasteiger partial charge on any atom is 0.419 e. The molecule has 0 amide bonds. The molecule has 1 aliphatic heterocycles. The molecule has 0 aromatic heterocycles. The van der Waals surface area contributed by atoms with Gasteiger partial charge in [-0.3, -0.25) is 0 Å². The zero-order valence-electron chi connectivity index (χ0n) is 10.3. The van der Waals surface area contributed by atoms with Gasteiger partial charge in [0.25, 0.3) is 0 Å². The molecule has 1 saturated heterocycles. The van der Waals surface area contributed by atoms with E-state index in [1.165, 1.54) is 11.0 Å². The van der Waals surface area contributed by atoms with Crippen molar-refractivity contribution >= 4 is 12.5 Å². The summed E-state index contributed by atoms with van der Waals surface area (Å²) in [5.74, 6) is 0. The van der Waals surface area contributed by atoms with Crippen LogP contribution in [0.25, 0.3) is 0 Å². The summed E-state index contributed by atoms with van der Waals surface area (Å²) in [5.41, 5.74) is 2.58. The molecular weight excluding hydrogens is 221 g/mol. The van der Waals surface area contributed by atoms with Crippen LogP contribution >= 0.6 is 0 Å². The molecule has 3 rings (SSSR count). The van der Waals surface area contributed by atoms with Crippen LogP contribution in [0.3, 0.4) is 0 Å². The summed E-state index contributed by atoms with van der Waals surface area (Å²) < 4.78 is 5.85. The van der Waals surface area contributed by atoms with E-state index in [4.69, 9.17) is 4.65 Å². The SMILES string of the molecule is c1ccc(CN2CCOB2c2ccccc2)cc1. The zero-order valence-corrected chi connectivity index (χ0v) is 10.3. The van der Waals surface area contributed by atoms with Gasteiger partial charge in [-0.05, 0) is 11.0 Å². The van der Waals surface area contributed by atoms with Crippen molar-refractivity contribution in [2.75, 3.05) is 13.2 Å². The smallest absolute Gasteiger partial charge is 0.416 e. The lowest BCUT2D eigenvalue weighted by Crippen LogP contribution is -2.44. The van der Waals surface area contributed by atoms with E-state index in [1.807, 2.05) is 6.07 Å². The molecule has 0 radical (unpaired) electrons. The summed E-state index contributed by atoms with van der Waals surface area (Å²) in [5, 5.41) is 0. The van der Waals surface area contributed by atoms with Gasteiger partial charge in [0.2, 0.25) is 0 Å². The first-order valence-corrected chi connectivity index (χ1v) is 6.38. The Balaban J connectivity index is 1.76. The third-order valence-corrected chi connectivity index (χ3v) is 3.30. The van der Waals surface area contributed by atoms with Crippen molar-refractivity contribution in [2.24, 2.45) is 0 Å². The molecule has 18 heavy (non-hydrogen) atoms. The van der Waals surface area contributed by atoms with Crippen LogP contribution in [0.4, 0.5) is 0 Å². The molecule has 2 aromatic rings. The fraction of sp³-hybridized carbons (Fsp3) is 0.200. The molecule has 0 saturated carbocycles. The topological polar surface area (TPSA) is 12.5 Å². The molecule has 0 bridgehead atoms. The van der Waals surface area contributed by atoms with Gasteiger partial charge in [0.1, 0.15) is 0 Å². The third-order valence-electron chi connectivity index (χ3n) is 3.30. The molecule has 0 N–H and O–H groups in total. The van der Waals surface area contributed by atoms with E-state index in [0.717, 1.165) is 19.7 Å². The highest BCUT2D eigenvalue weighted by Crippen LogP contribution is 2.11. The fourth-order valence-electron chi connectivity index (χ4n) is 2.41. The summed E-state index contributed by atoms with van der Waals surface area (Å²) >= 11 is 0. The second-order valence-corrected chi connectivity index (χ2v) is 4.59. The molecule has 2 aromatic carbocycles. The van der Waals surface area contributed by atoms with Crippen LogP contribution in [0.15, 0.2) is 60.7 Å². The van der Waals surface area contributed by atoms with Crippen LogP contribution in [0.1, 0.15) is 5.56 Å². The van der Waals surface area contributed by atoms with Gasteiger partial charge in [-0.15, -0.1) is 0 Å². The molecule has 0 unspecified atom stereocenters. The van der Waals surface area contributed by atoms with Crippen molar-refractivity contribution < 1.29 is 4.65 Å². The van der Waals surface area contributed by atoms with Crippen LogP contribution in [-0.2, 0) is 11.2 Å². The average Bonchev–Trinajstić information content (AvgIpc) is 2.89. The summed E-state index contributed by atoms with van der Waals surface area (Å²) in [6.45, 7) is 2.75. The van der Waals surface area contributed by atoms with Crippen LogP contribution in [-0.4, -0.2) is 25.0 Å². The summed E-state index contributed by atoms with van der Waals surface area (Å²) in [7, 11) is 0.103. The Hall–Kier alpha value is -1.58. The maximum absolute atomic E-state index is 5.85. The van der Waals surface area contributed by atoms with Crippen molar-refractivity contribution in [1.82, 2.24) is 4.81 Å². The Labute approximate surface area is 108 Å². The minimum Gasteiger partial charge on any atom is -0.416 e. The Kier molecular flexibility index (Phi) is 3.44. The average molecular weight is 237 g/mol. The van der Waals surface area contributed by atoms with Crippen molar-refractivity contribution in [3.05, 3.63) is 66.2 Å². The highest BCUT2D eigenvalue weighted by Gasteiger charge is 2.32. The van der Waals surface area contributed by atoms with Crippen LogP contribution in [0, 0.1) is 0 Å². The number of rotatable bonds is 3. The molecule has 1 fully saturated rings. The van der Waals surface area contributed by atoms with Crippen LogP contribution < -0.4 is 5.46 Å². The Bertz CT molecular complexity index is 488. The lowest BCUT2D eigenvalue weighted by atomic mass is 9.72. The second kappa shape index (κ2) is 5.38. The van der Waals surface area contributed by atoms with Crippen LogP contribution in [0.5, 0.6) is 0 Å². The first-order valence-electron chi connectivity index (χ1n) is 6.38. The van der Waals surface area contributed by atoms with E-state index >= 15 is 0 Å². The van der Waals surface area contributed by atoms with Gasteiger partial charge >= 0.3 is 7.05 Å². The largest absolute Gasteiger partial charge is 0.419 e. The number of nitrogens with zero attached hydrogens (tertiary/aromatic N) is 1. The van der Waals surface area contributed by atoms with Gasteiger partial charge in [0, 0.05) is 19.7 Å². The van der Waals surface area contributed by atoms with Gasteiger partial charge in [-0.2, -0.15) is 0 Å². The molecule has 0 atom stereocenters. The Morgan fingerprint density at radius 3 is 2.33 bits per heavy atom. The lowest BCUT2D eigenvalue weighted by Gasteiger charge is -2.19.